The van der Waals surface area contributed by atoms with Crippen LogP contribution in [0.4, 0.5) is 0 Å². The third-order valence-electron chi connectivity index (χ3n) is 4.08. The zero-order valence-electron chi connectivity index (χ0n) is 12.6. The SMILES string of the molecule is COc1cccc(-c2cnc([C@@H]3CCCN(C)C3)cn2)c1. The predicted octanol–water partition coefficient (Wildman–Crippen LogP) is 2.96. The lowest BCUT2D eigenvalue weighted by atomic mass is 9.95. The molecule has 1 aliphatic heterocycles. The highest BCUT2D eigenvalue weighted by molar-refractivity contribution is 5.60. The van der Waals surface area contributed by atoms with E-state index < -0.39 is 0 Å². The molecule has 1 aromatic heterocycles. The minimum Gasteiger partial charge on any atom is -0.497 e. The van der Waals surface area contributed by atoms with E-state index in [4.69, 9.17) is 4.74 Å². The Kier molecular flexibility index (Phi) is 4.15. The maximum Gasteiger partial charge on any atom is 0.119 e. The standard InChI is InChI=1S/C17H21N3O/c1-20-8-4-6-14(12-20)17-11-18-16(10-19-17)13-5-3-7-15(9-13)21-2/h3,5,7,9-11,14H,4,6,8,12H2,1-2H3/t14-/m1/s1. The molecule has 4 nitrogen and oxygen atoms in total. The van der Waals surface area contributed by atoms with E-state index in [2.05, 4.69) is 21.9 Å². The molecule has 1 atom stereocenters. The van der Waals surface area contributed by atoms with E-state index in [1.165, 1.54) is 19.4 Å². The number of nitrogens with zero attached hydrogens (tertiary/aromatic N) is 3. The van der Waals surface area contributed by atoms with Gasteiger partial charge in [-0.15, -0.1) is 0 Å². The van der Waals surface area contributed by atoms with Crippen LogP contribution in [-0.2, 0) is 0 Å². The van der Waals surface area contributed by atoms with Gasteiger partial charge in [-0.3, -0.25) is 9.97 Å². The summed E-state index contributed by atoms with van der Waals surface area (Å²) in [6.07, 6.45) is 6.25. The van der Waals surface area contributed by atoms with E-state index in [9.17, 15) is 0 Å². The highest BCUT2D eigenvalue weighted by Crippen LogP contribution is 2.26. The number of aromatic nitrogens is 2. The number of likely N-dealkylation sites (tertiary alicyclic amines) is 1. The van der Waals surface area contributed by atoms with Gasteiger partial charge in [-0.1, -0.05) is 12.1 Å². The smallest absolute Gasteiger partial charge is 0.119 e. The molecule has 0 spiro atoms. The van der Waals surface area contributed by atoms with Gasteiger partial charge in [-0.25, -0.2) is 0 Å². The molecule has 110 valence electrons. The van der Waals surface area contributed by atoms with Gasteiger partial charge in [-0.2, -0.15) is 0 Å². The van der Waals surface area contributed by atoms with Crippen molar-refractivity contribution in [1.82, 2.24) is 14.9 Å². The van der Waals surface area contributed by atoms with Crippen molar-refractivity contribution in [2.45, 2.75) is 18.8 Å². The summed E-state index contributed by atoms with van der Waals surface area (Å²) in [7, 11) is 3.84. The number of hydrogen-bond donors (Lipinski definition) is 0. The van der Waals surface area contributed by atoms with Crippen LogP contribution in [0.25, 0.3) is 11.3 Å². The fourth-order valence-electron chi connectivity index (χ4n) is 2.89. The molecule has 2 aromatic rings. The van der Waals surface area contributed by atoms with E-state index in [1.807, 2.05) is 36.7 Å². The molecule has 3 rings (SSSR count). The second-order valence-electron chi connectivity index (χ2n) is 5.66. The van der Waals surface area contributed by atoms with Gasteiger partial charge in [0.05, 0.1) is 24.7 Å². The lowest BCUT2D eigenvalue weighted by Crippen LogP contribution is -2.31. The molecule has 4 heteroatoms. The normalized spacial score (nSPS) is 19.4. The van der Waals surface area contributed by atoms with E-state index in [0.717, 1.165) is 29.2 Å². The second-order valence-corrected chi connectivity index (χ2v) is 5.66. The summed E-state index contributed by atoms with van der Waals surface area (Å²) in [6, 6.07) is 7.92. The van der Waals surface area contributed by atoms with Crippen molar-refractivity contribution in [3.63, 3.8) is 0 Å². The van der Waals surface area contributed by atoms with Gasteiger partial charge in [-0.05, 0) is 38.6 Å². The number of hydrogen-bond acceptors (Lipinski definition) is 4. The molecule has 1 aromatic carbocycles. The third-order valence-corrected chi connectivity index (χ3v) is 4.08. The number of rotatable bonds is 3. The van der Waals surface area contributed by atoms with Crippen LogP contribution in [-0.4, -0.2) is 42.1 Å². The van der Waals surface area contributed by atoms with E-state index in [-0.39, 0.29) is 0 Å². The fourth-order valence-corrected chi connectivity index (χ4v) is 2.89. The van der Waals surface area contributed by atoms with Gasteiger partial charge < -0.3 is 9.64 Å². The van der Waals surface area contributed by atoms with E-state index in [1.54, 1.807) is 7.11 Å². The molecule has 21 heavy (non-hydrogen) atoms. The lowest BCUT2D eigenvalue weighted by Gasteiger charge is -2.29. The zero-order chi connectivity index (χ0) is 14.7. The first-order valence-corrected chi connectivity index (χ1v) is 7.41. The molecular formula is C17H21N3O. The average molecular weight is 283 g/mol. The van der Waals surface area contributed by atoms with Crippen molar-refractivity contribution < 1.29 is 4.74 Å². The molecule has 2 heterocycles. The molecule has 1 saturated heterocycles. The first-order chi connectivity index (χ1) is 10.3. The Morgan fingerprint density at radius 3 is 2.86 bits per heavy atom. The summed E-state index contributed by atoms with van der Waals surface area (Å²) < 4.78 is 5.25. The third kappa shape index (κ3) is 3.22. The molecule has 0 saturated carbocycles. The van der Waals surface area contributed by atoms with Crippen LogP contribution in [0.2, 0.25) is 0 Å². The van der Waals surface area contributed by atoms with Crippen LogP contribution >= 0.6 is 0 Å². The quantitative estimate of drug-likeness (QED) is 0.868. The molecule has 0 radical (unpaired) electrons. The molecule has 1 fully saturated rings. The highest BCUT2D eigenvalue weighted by atomic mass is 16.5. The summed E-state index contributed by atoms with van der Waals surface area (Å²) in [5, 5.41) is 0. The number of ether oxygens (including phenoxy) is 1. The van der Waals surface area contributed by atoms with E-state index >= 15 is 0 Å². The predicted molar refractivity (Wildman–Crippen MR) is 83.5 cm³/mol. The van der Waals surface area contributed by atoms with Crippen molar-refractivity contribution >= 4 is 0 Å². The van der Waals surface area contributed by atoms with Gasteiger partial charge in [0.15, 0.2) is 0 Å². The Bertz CT molecular complexity index is 597. The highest BCUT2D eigenvalue weighted by Gasteiger charge is 2.20. The first-order valence-electron chi connectivity index (χ1n) is 7.41. The van der Waals surface area contributed by atoms with Gasteiger partial charge in [0.2, 0.25) is 0 Å². The van der Waals surface area contributed by atoms with Crippen molar-refractivity contribution in [3.05, 3.63) is 42.4 Å². The van der Waals surface area contributed by atoms with Gasteiger partial charge in [0.25, 0.3) is 0 Å². The lowest BCUT2D eigenvalue weighted by molar-refractivity contribution is 0.248. The number of methoxy groups -OCH3 is 1. The summed E-state index contributed by atoms with van der Waals surface area (Å²) in [5.41, 5.74) is 3.03. The summed E-state index contributed by atoms with van der Waals surface area (Å²) in [5.74, 6) is 1.35. The summed E-state index contributed by atoms with van der Waals surface area (Å²) in [6.45, 7) is 2.26. The van der Waals surface area contributed by atoms with Gasteiger partial charge in [0, 0.05) is 24.2 Å². The van der Waals surface area contributed by atoms with Crippen molar-refractivity contribution in [3.8, 4) is 17.0 Å². The minimum absolute atomic E-state index is 0.510. The van der Waals surface area contributed by atoms with Gasteiger partial charge >= 0.3 is 0 Å². The Morgan fingerprint density at radius 1 is 1.24 bits per heavy atom. The molecule has 1 aliphatic rings. The number of piperidine rings is 1. The minimum atomic E-state index is 0.510. The monoisotopic (exact) mass is 283 g/mol. The van der Waals surface area contributed by atoms with Crippen LogP contribution in [0.1, 0.15) is 24.5 Å². The molecule has 0 unspecified atom stereocenters. The Hall–Kier alpha value is -1.94. The Labute approximate surface area is 125 Å². The maximum absolute atomic E-state index is 5.25. The Balaban J connectivity index is 1.80. The molecule has 0 aliphatic carbocycles. The van der Waals surface area contributed by atoms with Crippen molar-refractivity contribution in [2.24, 2.45) is 0 Å². The van der Waals surface area contributed by atoms with Crippen LogP contribution in [0, 0.1) is 0 Å². The second kappa shape index (κ2) is 6.22. The van der Waals surface area contributed by atoms with Crippen molar-refractivity contribution in [1.29, 1.82) is 0 Å². The molecule has 0 bridgehead atoms. The average Bonchev–Trinajstić information content (AvgIpc) is 2.55. The maximum atomic E-state index is 5.25. The molecular weight excluding hydrogens is 262 g/mol. The van der Waals surface area contributed by atoms with Crippen LogP contribution in [0.3, 0.4) is 0 Å². The van der Waals surface area contributed by atoms with Crippen LogP contribution < -0.4 is 4.74 Å². The zero-order valence-corrected chi connectivity index (χ0v) is 12.6. The Morgan fingerprint density at radius 2 is 2.14 bits per heavy atom. The van der Waals surface area contributed by atoms with Crippen LogP contribution in [0.5, 0.6) is 5.75 Å². The summed E-state index contributed by atoms with van der Waals surface area (Å²) >= 11 is 0. The first kappa shape index (κ1) is 14.0. The largest absolute Gasteiger partial charge is 0.497 e. The van der Waals surface area contributed by atoms with E-state index in [0.29, 0.717) is 5.92 Å². The van der Waals surface area contributed by atoms with Gasteiger partial charge in [0.1, 0.15) is 5.75 Å². The molecule has 0 N–H and O–H groups in total. The van der Waals surface area contributed by atoms with Crippen molar-refractivity contribution in [2.75, 3.05) is 27.2 Å². The summed E-state index contributed by atoms with van der Waals surface area (Å²) in [4.78, 5) is 11.6. The topological polar surface area (TPSA) is 38.2 Å². The number of likely N-dealkylation sites (N-methyl/N-ethyl adjacent to an activating group) is 1. The molecule has 0 amide bonds. The fraction of sp³-hybridized carbons (Fsp3) is 0.412. The van der Waals surface area contributed by atoms with Crippen LogP contribution in [0.15, 0.2) is 36.7 Å². The number of benzene rings is 1.